The molecule has 7 nitrogen and oxygen atoms in total. The Morgan fingerprint density at radius 1 is 1.06 bits per heavy atom. The average molecular weight is 542 g/mol. The lowest BCUT2D eigenvalue weighted by Crippen LogP contribution is -2.44. The maximum Gasteiger partial charge on any atom is 0.410 e. The topological polar surface area (TPSA) is 79.0 Å². The molecule has 4 rings (SSSR count). The number of likely N-dealkylation sites (tertiary alicyclic amines) is 2. The Hall–Kier alpha value is -2.87. The minimum Gasteiger partial charge on any atom is -0.445 e. The van der Waals surface area contributed by atoms with E-state index in [9.17, 15) is 14.4 Å². The smallest absolute Gasteiger partial charge is 0.410 e. The molecule has 3 amide bonds. The van der Waals surface area contributed by atoms with Gasteiger partial charge in [0.2, 0.25) is 5.91 Å². The van der Waals surface area contributed by atoms with E-state index in [0.717, 1.165) is 16.5 Å². The van der Waals surface area contributed by atoms with E-state index in [-0.39, 0.29) is 18.4 Å². The molecule has 35 heavy (non-hydrogen) atoms. The van der Waals surface area contributed by atoms with E-state index < -0.39 is 12.1 Å². The highest BCUT2D eigenvalue weighted by Gasteiger charge is 2.36. The van der Waals surface area contributed by atoms with Crippen molar-refractivity contribution in [1.29, 1.82) is 0 Å². The van der Waals surface area contributed by atoms with Gasteiger partial charge in [-0.2, -0.15) is 0 Å². The molecule has 3 atom stereocenters. The maximum atomic E-state index is 13.4. The number of ether oxygens (including phenoxy) is 1. The van der Waals surface area contributed by atoms with E-state index in [2.05, 4.69) is 35.1 Å². The Labute approximate surface area is 214 Å². The molecule has 0 aliphatic carbocycles. The molecule has 1 N–H and O–H groups in total. The Balaban J connectivity index is 1.45. The van der Waals surface area contributed by atoms with Crippen molar-refractivity contribution in [1.82, 2.24) is 9.80 Å². The largest absolute Gasteiger partial charge is 0.445 e. The van der Waals surface area contributed by atoms with Crippen molar-refractivity contribution in [3.8, 4) is 0 Å². The number of amides is 3. The lowest BCUT2D eigenvalue weighted by molar-refractivity contribution is -0.120. The van der Waals surface area contributed by atoms with Gasteiger partial charge in [-0.05, 0) is 54.9 Å². The SMILES string of the molecule is C[C@@H]1C[C@H](C)CN(C(=O)c2cc(Br)ccc2NC(=O)[C@@H]2CCCN2C(=O)OCc2ccccc2)C1. The van der Waals surface area contributed by atoms with Crippen LogP contribution in [0.25, 0.3) is 0 Å². The Morgan fingerprint density at radius 2 is 1.77 bits per heavy atom. The summed E-state index contributed by atoms with van der Waals surface area (Å²) in [5.74, 6) is 0.463. The van der Waals surface area contributed by atoms with Crippen LogP contribution in [0.1, 0.15) is 49.0 Å². The molecule has 0 unspecified atom stereocenters. The summed E-state index contributed by atoms with van der Waals surface area (Å²) in [6, 6.07) is 14.1. The summed E-state index contributed by atoms with van der Waals surface area (Å²) < 4.78 is 6.23. The maximum absolute atomic E-state index is 13.4. The van der Waals surface area contributed by atoms with Gasteiger partial charge in [0, 0.05) is 24.1 Å². The molecule has 2 heterocycles. The molecular weight excluding hydrogens is 510 g/mol. The molecule has 8 heteroatoms. The standard InChI is InChI=1S/C27H32BrN3O4/c1-18-13-19(2)16-30(15-18)26(33)22-14-21(28)10-11-23(22)29-25(32)24-9-6-12-31(24)27(34)35-17-20-7-4-3-5-8-20/h3-5,7-8,10-11,14,18-19,24H,6,9,12-13,15-17H2,1-2H3,(H,29,32)/t18-,19+,24-/m0/s1. The fourth-order valence-corrected chi connectivity index (χ4v) is 5.44. The van der Waals surface area contributed by atoms with Gasteiger partial charge in [-0.3, -0.25) is 14.5 Å². The molecule has 2 aromatic rings. The van der Waals surface area contributed by atoms with Crippen molar-refractivity contribution in [3.63, 3.8) is 0 Å². The summed E-state index contributed by atoms with van der Waals surface area (Å²) in [5.41, 5.74) is 1.80. The predicted octanol–water partition coefficient (Wildman–Crippen LogP) is 5.31. The molecular formula is C27H32BrN3O4. The first-order valence-electron chi connectivity index (χ1n) is 12.2. The van der Waals surface area contributed by atoms with E-state index in [4.69, 9.17) is 4.74 Å². The number of piperidine rings is 1. The Bertz CT molecular complexity index is 1070. The molecule has 2 fully saturated rings. The third-order valence-corrected chi connectivity index (χ3v) is 7.11. The van der Waals surface area contributed by atoms with Crippen LogP contribution < -0.4 is 5.32 Å². The number of rotatable bonds is 5. The van der Waals surface area contributed by atoms with Crippen LogP contribution in [0.4, 0.5) is 10.5 Å². The number of carbonyl (C=O) groups excluding carboxylic acids is 3. The van der Waals surface area contributed by atoms with Crippen LogP contribution in [-0.4, -0.2) is 53.4 Å². The fourth-order valence-electron chi connectivity index (χ4n) is 5.08. The number of hydrogen-bond donors (Lipinski definition) is 1. The van der Waals surface area contributed by atoms with Gasteiger partial charge in [0.05, 0.1) is 11.3 Å². The van der Waals surface area contributed by atoms with Gasteiger partial charge in [0.1, 0.15) is 12.6 Å². The third-order valence-electron chi connectivity index (χ3n) is 6.62. The highest BCUT2D eigenvalue weighted by molar-refractivity contribution is 9.10. The monoisotopic (exact) mass is 541 g/mol. The number of halogens is 1. The quantitative estimate of drug-likeness (QED) is 0.556. The second-order valence-electron chi connectivity index (χ2n) is 9.73. The van der Waals surface area contributed by atoms with Gasteiger partial charge in [-0.25, -0.2) is 4.79 Å². The Morgan fingerprint density at radius 3 is 2.49 bits per heavy atom. The van der Waals surface area contributed by atoms with Crippen LogP contribution in [0, 0.1) is 11.8 Å². The van der Waals surface area contributed by atoms with Crippen molar-refractivity contribution in [2.75, 3.05) is 25.0 Å². The Kier molecular flexibility index (Phi) is 8.11. The minimum absolute atomic E-state index is 0.0921. The number of nitrogens with zero attached hydrogens (tertiary/aromatic N) is 2. The second kappa shape index (κ2) is 11.2. The molecule has 0 saturated carbocycles. The summed E-state index contributed by atoms with van der Waals surface area (Å²) in [4.78, 5) is 42.8. The van der Waals surface area contributed by atoms with E-state index in [1.54, 1.807) is 18.2 Å². The van der Waals surface area contributed by atoms with E-state index in [0.29, 0.717) is 55.6 Å². The summed E-state index contributed by atoms with van der Waals surface area (Å²) in [6.45, 7) is 6.33. The molecule has 2 saturated heterocycles. The number of anilines is 1. The molecule has 0 aromatic heterocycles. The lowest BCUT2D eigenvalue weighted by Gasteiger charge is -2.35. The normalized spacial score (nSPS) is 22.1. The van der Waals surface area contributed by atoms with Gasteiger partial charge >= 0.3 is 6.09 Å². The molecule has 2 aromatic carbocycles. The van der Waals surface area contributed by atoms with Gasteiger partial charge in [-0.15, -0.1) is 0 Å². The minimum atomic E-state index is -0.639. The van der Waals surface area contributed by atoms with Gasteiger partial charge in [-0.1, -0.05) is 60.1 Å². The van der Waals surface area contributed by atoms with Gasteiger partial charge < -0.3 is 15.0 Å². The predicted molar refractivity (Wildman–Crippen MR) is 138 cm³/mol. The van der Waals surface area contributed by atoms with Crippen LogP contribution in [0.15, 0.2) is 53.0 Å². The first kappa shape index (κ1) is 25.2. The molecule has 0 radical (unpaired) electrons. The number of nitrogens with one attached hydrogen (secondary N) is 1. The van der Waals surface area contributed by atoms with Gasteiger partial charge in [0.15, 0.2) is 0 Å². The van der Waals surface area contributed by atoms with Crippen LogP contribution in [0.2, 0.25) is 0 Å². The number of hydrogen-bond acceptors (Lipinski definition) is 4. The summed E-state index contributed by atoms with van der Waals surface area (Å²) in [7, 11) is 0. The average Bonchev–Trinajstić information content (AvgIpc) is 3.33. The molecule has 0 bridgehead atoms. The summed E-state index contributed by atoms with van der Waals surface area (Å²) in [5, 5.41) is 2.92. The number of benzene rings is 2. The van der Waals surface area contributed by atoms with Gasteiger partial charge in [0.25, 0.3) is 5.91 Å². The molecule has 186 valence electrons. The zero-order chi connectivity index (χ0) is 24.9. The van der Waals surface area contributed by atoms with Crippen molar-refractivity contribution in [3.05, 3.63) is 64.1 Å². The van der Waals surface area contributed by atoms with Crippen molar-refractivity contribution >= 4 is 39.5 Å². The molecule has 2 aliphatic rings. The van der Waals surface area contributed by atoms with E-state index in [1.165, 1.54) is 4.90 Å². The van der Waals surface area contributed by atoms with Crippen molar-refractivity contribution in [2.24, 2.45) is 11.8 Å². The van der Waals surface area contributed by atoms with E-state index in [1.807, 2.05) is 35.2 Å². The molecule has 2 aliphatic heterocycles. The fraction of sp³-hybridized carbons (Fsp3) is 0.444. The van der Waals surface area contributed by atoms with Crippen molar-refractivity contribution < 1.29 is 19.1 Å². The molecule has 0 spiro atoms. The first-order valence-corrected chi connectivity index (χ1v) is 13.0. The van der Waals surface area contributed by atoms with Crippen LogP contribution >= 0.6 is 15.9 Å². The van der Waals surface area contributed by atoms with Crippen LogP contribution in [0.5, 0.6) is 0 Å². The van der Waals surface area contributed by atoms with Crippen LogP contribution in [0.3, 0.4) is 0 Å². The summed E-state index contributed by atoms with van der Waals surface area (Å²) in [6.07, 6.45) is 1.86. The highest BCUT2D eigenvalue weighted by atomic mass is 79.9. The van der Waals surface area contributed by atoms with Crippen molar-refractivity contribution in [2.45, 2.75) is 45.8 Å². The van der Waals surface area contributed by atoms with Crippen LogP contribution in [-0.2, 0) is 16.1 Å². The zero-order valence-electron chi connectivity index (χ0n) is 20.2. The van der Waals surface area contributed by atoms with E-state index >= 15 is 0 Å². The third kappa shape index (κ3) is 6.23. The lowest BCUT2D eigenvalue weighted by atomic mass is 9.91. The second-order valence-corrected chi connectivity index (χ2v) is 10.6. The summed E-state index contributed by atoms with van der Waals surface area (Å²) >= 11 is 3.46. The first-order chi connectivity index (χ1) is 16.8. The number of carbonyl (C=O) groups is 3. The zero-order valence-corrected chi connectivity index (χ0v) is 21.8. The highest BCUT2D eigenvalue weighted by Crippen LogP contribution is 2.28.